The fourth-order valence-electron chi connectivity index (χ4n) is 4.58. The Morgan fingerprint density at radius 2 is 1.94 bits per heavy atom. The predicted molar refractivity (Wildman–Crippen MR) is 135 cm³/mol. The Bertz CT molecular complexity index is 938. The van der Waals surface area contributed by atoms with Crippen LogP contribution in [0, 0.1) is 6.92 Å². The summed E-state index contributed by atoms with van der Waals surface area (Å²) in [6, 6.07) is 4.19. The molecule has 3 N–H and O–H groups in total. The van der Waals surface area contributed by atoms with E-state index in [-0.39, 0.29) is 0 Å². The molecule has 2 atom stereocenters. The van der Waals surface area contributed by atoms with Crippen molar-refractivity contribution < 1.29 is 9.47 Å². The van der Waals surface area contributed by atoms with E-state index in [9.17, 15) is 0 Å². The maximum atomic E-state index is 6.86. The van der Waals surface area contributed by atoms with Crippen LogP contribution in [0.25, 0.3) is 11.6 Å². The van der Waals surface area contributed by atoms with E-state index >= 15 is 0 Å². The first kappa shape index (κ1) is 25.6. The van der Waals surface area contributed by atoms with E-state index in [0.717, 1.165) is 92.2 Å². The van der Waals surface area contributed by atoms with Crippen molar-refractivity contribution in [2.45, 2.75) is 90.2 Å². The van der Waals surface area contributed by atoms with E-state index in [1.54, 1.807) is 7.11 Å². The summed E-state index contributed by atoms with van der Waals surface area (Å²) in [5.41, 5.74) is 11.2. The van der Waals surface area contributed by atoms with E-state index in [1.807, 2.05) is 13.1 Å². The summed E-state index contributed by atoms with van der Waals surface area (Å²) >= 11 is 0. The van der Waals surface area contributed by atoms with Gasteiger partial charge in [0, 0.05) is 38.0 Å². The molecule has 0 saturated heterocycles. The first-order valence-electron chi connectivity index (χ1n) is 12.5. The number of hydrogen-bond acceptors (Lipinski definition) is 5. The van der Waals surface area contributed by atoms with Gasteiger partial charge in [0.05, 0.1) is 28.7 Å². The summed E-state index contributed by atoms with van der Waals surface area (Å²) in [6.07, 6.45) is 12.2. The second-order valence-corrected chi connectivity index (χ2v) is 9.59. The highest BCUT2D eigenvalue weighted by Crippen LogP contribution is 2.39. The minimum Gasteiger partial charge on any atom is -0.381 e. The number of rotatable bonds is 13. The first-order chi connectivity index (χ1) is 15.8. The van der Waals surface area contributed by atoms with Gasteiger partial charge in [0.1, 0.15) is 5.82 Å². The third-order valence-corrected chi connectivity index (χ3v) is 6.95. The van der Waals surface area contributed by atoms with E-state index in [0.29, 0.717) is 0 Å². The van der Waals surface area contributed by atoms with E-state index < -0.39 is 11.1 Å². The molecule has 2 aromatic heterocycles. The molecule has 6 nitrogen and oxygen atoms in total. The molecule has 2 aromatic rings. The zero-order chi connectivity index (χ0) is 23.9. The minimum atomic E-state index is -0.471. The lowest BCUT2D eigenvalue weighted by Gasteiger charge is -2.34. The number of aryl methyl sites for hydroxylation is 1. The van der Waals surface area contributed by atoms with Gasteiger partial charge in [0.15, 0.2) is 0 Å². The number of pyridine rings is 1. The number of ether oxygens (including phenoxy) is 2. The Morgan fingerprint density at radius 1 is 1.15 bits per heavy atom. The highest BCUT2D eigenvalue weighted by Gasteiger charge is 2.37. The quantitative estimate of drug-likeness (QED) is 0.387. The van der Waals surface area contributed by atoms with Crippen molar-refractivity contribution in [2.75, 3.05) is 20.3 Å². The van der Waals surface area contributed by atoms with Gasteiger partial charge in [-0.2, -0.15) is 0 Å². The van der Waals surface area contributed by atoms with Crippen LogP contribution in [-0.2, 0) is 21.4 Å². The van der Waals surface area contributed by atoms with Crippen LogP contribution in [0.15, 0.2) is 18.3 Å². The zero-order valence-electron chi connectivity index (χ0n) is 21.2. The van der Waals surface area contributed by atoms with Crippen LogP contribution in [0.1, 0.15) is 94.2 Å². The van der Waals surface area contributed by atoms with Crippen molar-refractivity contribution in [3.05, 3.63) is 46.8 Å². The van der Waals surface area contributed by atoms with Gasteiger partial charge in [0.25, 0.3) is 0 Å². The highest BCUT2D eigenvalue weighted by molar-refractivity contribution is 5.87. The highest BCUT2D eigenvalue weighted by atomic mass is 16.5. The molecule has 2 heterocycles. The second-order valence-electron chi connectivity index (χ2n) is 9.59. The van der Waals surface area contributed by atoms with Crippen molar-refractivity contribution >= 4 is 11.6 Å². The van der Waals surface area contributed by atoms with Crippen LogP contribution in [0.3, 0.4) is 0 Å². The summed E-state index contributed by atoms with van der Waals surface area (Å²) in [5.74, 6) is 0.860. The zero-order valence-corrected chi connectivity index (χ0v) is 21.2. The Labute approximate surface area is 199 Å². The van der Waals surface area contributed by atoms with Crippen molar-refractivity contribution in [3.63, 3.8) is 0 Å². The molecule has 0 saturated carbocycles. The number of fused-ring (bicyclic) bond motifs is 1. The smallest absolute Gasteiger partial charge is 0.126 e. The van der Waals surface area contributed by atoms with Gasteiger partial charge in [-0.15, -0.1) is 0 Å². The maximum Gasteiger partial charge on any atom is 0.126 e. The van der Waals surface area contributed by atoms with Crippen LogP contribution in [0.4, 0.5) is 0 Å². The molecule has 0 spiro atoms. The average molecular weight is 455 g/mol. The third-order valence-electron chi connectivity index (χ3n) is 6.95. The normalized spacial score (nSPS) is 19.8. The van der Waals surface area contributed by atoms with Gasteiger partial charge in [-0.25, -0.2) is 4.98 Å². The molecule has 0 aromatic carbocycles. The number of unbranched alkanes of at least 4 members (excludes halogenated alkanes) is 3. The second kappa shape index (κ2) is 11.4. The van der Waals surface area contributed by atoms with Gasteiger partial charge in [-0.1, -0.05) is 39.2 Å². The molecular formula is C27H42N4O2. The number of nitrogens with two attached hydrogens (primary N) is 1. The van der Waals surface area contributed by atoms with Gasteiger partial charge in [-0.3, -0.25) is 4.98 Å². The van der Waals surface area contributed by atoms with Crippen LogP contribution >= 0.6 is 0 Å². The summed E-state index contributed by atoms with van der Waals surface area (Å²) in [7, 11) is 1.76. The fraction of sp³-hybridized carbons (Fsp3) is 0.630. The Morgan fingerprint density at radius 3 is 2.67 bits per heavy atom. The SMILES string of the molecule is CCCOCCCCCCC(N)(CC)c1ncc(C2=Cc3ccc(C)nc3CC2(C)OC)[nH]1. The van der Waals surface area contributed by atoms with E-state index in [4.69, 9.17) is 25.2 Å². The number of aromatic amines is 1. The van der Waals surface area contributed by atoms with Crippen molar-refractivity contribution in [1.29, 1.82) is 0 Å². The molecule has 33 heavy (non-hydrogen) atoms. The molecule has 182 valence electrons. The lowest BCUT2D eigenvalue weighted by Crippen LogP contribution is -2.37. The molecule has 0 bridgehead atoms. The van der Waals surface area contributed by atoms with Gasteiger partial charge >= 0.3 is 0 Å². The molecule has 2 unspecified atom stereocenters. The third kappa shape index (κ3) is 6.11. The number of nitrogens with one attached hydrogen (secondary N) is 1. The molecule has 1 aliphatic carbocycles. The Balaban J connectivity index is 1.70. The number of nitrogens with zero attached hydrogens (tertiary/aromatic N) is 2. The van der Waals surface area contributed by atoms with Crippen LogP contribution in [0.5, 0.6) is 0 Å². The van der Waals surface area contributed by atoms with Crippen molar-refractivity contribution in [1.82, 2.24) is 15.0 Å². The summed E-state index contributed by atoms with van der Waals surface area (Å²) < 4.78 is 11.6. The van der Waals surface area contributed by atoms with Crippen LogP contribution in [0.2, 0.25) is 0 Å². The molecule has 0 fully saturated rings. The standard InChI is InChI=1S/C27H42N4O2/c1-6-15-33-16-11-9-8-10-14-27(28,7-2)25-29-19-24(31-25)22-17-21-13-12-20(3)30-23(21)18-26(22,4)32-5/h12-13,17,19H,6-11,14-16,18,28H2,1-5H3,(H,29,31). The van der Waals surface area contributed by atoms with E-state index in [2.05, 4.69) is 44.0 Å². The monoisotopic (exact) mass is 454 g/mol. The van der Waals surface area contributed by atoms with Gasteiger partial charge in [0.2, 0.25) is 0 Å². The number of hydrogen-bond donors (Lipinski definition) is 2. The summed E-state index contributed by atoms with van der Waals surface area (Å²) in [5, 5.41) is 0. The molecule has 0 aliphatic heterocycles. The topological polar surface area (TPSA) is 86.1 Å². The number of H-pyrrole nitrogens is 1. The Hall–Kier alpha value is -2.02. The maximum absolute atomic E-state index is 6.86. The largest absolute Gasteiger partial charge is 0.381 e. The molecule has 3 rings (SSSR count). The van der Waals surface area contributed by atoms with Crippen molar-refractivity contribution in [3.8, 4) is 0 Å². The summed E-state index contributed by atoms with van der Waals surface area (Å²) in [6.45, 7) is 10.2. The molecule has 0 amide bonds. The number of methoxy groups -OCH3 is 1. The molecule has 1 aliphatic rings. The predicted octanol–water partition coefficient (Wildman–Crippen LogP) is 5.56. The van der Waals surface area contributed by atoms with Crippen LogP contribution < -0.4 is 5.73 Å². The lowest BCUT2D eigenvalue weighted by molar-refractivity contribution is 0.0566. The summed E-state index contributed by atoms with van der Waals surface area (Å²) in [4.78, 5) is 13.0. The minimum absolute atomic E-state index is 0.452. The van der Waals surface area contributed by atoms with Gasteiger partial charge < -0.3 is 20.2 Å². The van der Waals surface area contributed by atoms with Crippen LogP contribution in [-0.4, -0.2) is 40.9 Å². The Kier molecular flexibility index (Phi) is 8.85. The molecule has 0 radical (unpaired) electrons. The molecule has 6 heteroatoms. The van der Waals surface area contributed by atoms with Crippen molar-refractivity contribution in [2.24, 2.45) is 5.73 Å². The lowest BCUT2D eigenvalue weighted by atomic mass is 9.81. The number of imidazole rings is 1. The first-order valence-corrected chi connectivity index (χ1v) is 12.5. The molecular weight excluding hydrogens is 412 g/mol. The van der Waals surface area contributed by atoms with Gasteiger partial charge in [-0.05, 0) is 57.2 Å². The number of aromatic nitrogens is 3. The van der Waals surface area contributed by atoms with E-state index in [1.165, 1.54) is 6.42 Å². The average Bonchev–Trinajstić information content (AvgIpc) is 3.30. The fourth-order valence-corrected chi connectivity index (χ4v) is 4.58.